The van der Waals surface area contributed by atoms with Gasteiger partial charge in [-0.05, 0) is 24.3 Å². The van der Waals surface area contributed by atoms with Gasteiger partial charge in [0.05, 0.1) is 12.7 Å². The zero-order chi connectivity index (χ0) is 18.1. The molecule has 0 fully saturated rings. The van der Waals surface area contributed by atoms with Gasteiger partial charge in [0.1, 0.15) is 17.1 Å². The first kappa shape index (κ1) is 17.8. The smallest absolute Gasteiger partial charge is 0.420 e. The van der Waals surface area contributed by atoms with Gasteiger partial charge in [-0.2, -0.15) is 26.3 Å². The fourth-order valence-electron chi connectivity index (χ4n) is 1.88. The predicted molar refractivity (Wildman–Crippen MR) is 71.2 cm³/mol. The minimum Gasteiger partial charge on any atom is -0.504 e. The molecule has 24 heavy (non-hydrogen) atoms. The zero-order valence-corrected chi connectivity index (χ0v) is 12.0. The zero-order valence-electron chi connectivity index (χ0n) is 12.0. The molecule has 0 aliphatic rings. The van der Waals surface area contributed by atoms with Crippen LogP contribution in [0.5, 0.6) is 23.0 Å². The lowest BCUT2D eigenvalue weighted by Gasteiger charge is -2.18. The van der Waals surface area contributed by atoms with Crippen molar-refractivity contribution in [2.75, 3.05) is 7.11 Å². The van der Waals surface area contributed by atoms with Crippen molar-refractivity contribution < 1.29 is 40.9 Å². The average molecular weight is 352 g/mol. The maximum atomic E-state index is 13.1. The van der Waals surface area contributed by atoms with E-state index in [-0.39, 0.29) is 23.6 Å². The Hall–Kier alpha value is -2.58. The Morgan fingerprint density at radius 1 is 0.875 bits per heavy atom. The van der Waals surface area contributed by atoms with Gasteiger partial charge in [0.25, 0.3) is 0 Å². The van der Waals surface area contributed by atoms with Crippen LogP contribution in [0.15, 0.2) is 36.4 Å². The Morgan fingerprint density at radius 2 is 1.50 bits per heavy atom. The summed E-state index contributed by atoms with van der Waals surface area (Å²) in [5.41, 5.74) is -3.37. The Balaban J connectivity index is 2.56. The first-order valence-corrected chi connectivity index (χ1v) is 6.35. The summed E-state index contributed by atoms with van der Waals surface area (Å²) in [4.78, 5) is 0. The maximum Gasteiger partial charge on any atom is 0.420 e. The van der Waals surface area contributed by atoms with Crippen molar-refractivity contribution >= 4 is 0 Å². The molecule has 0 aliphatic heterocycles. The van der Waals surface area contributed by atoms with Gasteiger partial charge >= 0.3 is 12.4 Å². The van der Waals surface area contributed by atoms with E-state index in [2.05, 4.69) is 0 Å². The summed E-state index contributed by atoms with van der Waals surface area (Å²) in [7, 11) is 1.32. The summed E-state index contributed by atoms with van der Waals surface area (Å²) in [6.45, 7) is 0. The number of alkyl halides is 6. The predicted octanol–water partition coefficient (Wildman–Crippen LogP) is 5.23. The fourth-order valence-corrected chi connectivity index (χ4v) is 1.88. The SMILES string of the molecule is COc1cccc(Oc2c(O)cc(C(F)(F)F)cc2C(F)(F)F)c1. The molecule has 1 N–H and O–H groups in total. The quantitative estimate of drug-likeness (QED) is 0.769. The normalized spacial score (nSPS) is 12.1. The summed E-state index contributed by atoms with van der Waals surface area (Å²) in [5, 5.41) is 9.63. The molecule has 0 spiro atoms. The molecule has 0 bridgehead atoms. The lowest BCUT2D eigenvalue weighted by Crippen LogP contribution is -2.12. The summed E-state index contributed by atoms with van der Waals surface area (Å²) < 4.78 is 87.0. The summed E-state index contributed by atoms with van der Waals surface area (Å²) >= 11 is 0. The highest BCUT2D eigenvalue weighted by atomic mass is 19.4. The summed E-state index contributed by atoms with van der Waals surface area (Å²) in [5.74, 6) is -2.29. The molecule has 0 saturated heterocycles. The molecule has 0 amide bonds. The third-order valence-corrected chi connectivity index (χ3v) is 2.96. The molecule has 2 rings (SSSR count). The van der Waals surface area contributed by atoms with E-state index < -0.39 is 35.0 Å². The third-order valence-electron chi connectivity index (χ3n) is 2.96. The molecule has 2 aromatic rings. The highest BCUT2D eigenvalue weighted by molar-refractivity contribution is 5.53. The Bertz CT molecular complexity index is 737. The number of hydrogen-bond acceptors (Lipinski definition) is 3. The molecule has 0 heterocycles. The Kier molecular flexibility index (Phi) is 4.54. The van der Waals surface area contributed by atoms with Gasteiger partial charge in [-0.15, -0.1) is 0 Å². The molecular formula is C15H10F6O3. The Labute approximate surface area is 132 Å². The van der Waals surface area contributed by atoms with E-state index in [1.165, 1.54) is 31.4 Å². The van der Waals surface area contributed by atoms with Gasteiger partial charge in [-0.1, -0.05) is 6.07 Å². The van der Waals surface area contributed by atoms with E-state index in [0.29, 0.717) is 0 Å². The number of hydrogen-bond donors (Lipinski definition) is 1. The maximum absolute atomic E-state index is 13.1. The van der Waals surface area contributed by atoms with Crippen LogP contribution in [0.3, 0.4) is 0 Å². The van der Waals surface area contributed by atoms with Gasteiger partial charge < -0.3 is 14.6 Å². The molecule has 2 aromatic carbocycles. The third kappa shape index (κ3) is 3.84. The van der Waals surface area contributed by atoms with Gasteiger partial charge in [0.2, 0.25) is 0 Å². The molecule has 0 radical (unpaired) electrons. The molecule has 0 unspecified atom stereocenters. The second kappa shape index (κ2) is 6.14. The Morgan fingerprint density at radius 3 is 2.04 bits per heavy atom. The molecule has 0 atom stereocenters. The minimum atomic E-state index is -5.16. The molecular weight excluding hydrogens is 342 g/mol. The number of phenols is 1. The van der Waals surface area contributed by atoms with Crippen LogP contribution in [0.4, 0.5) is 26.3 Å². The van der Waals surface area contributed by atoms with Crippen LogP contribution in [-0.2, 0) is 12.4 Å². The largest absolute Gasteiger partial charge is 0.504 e. The van der Waals surface area contributed by atoms with Gasteiger partial charge in [0.15, 0.2) is 11.5 Å². The molecule has 9 heteroatoms. The van der Waals surface area contributed by atoms with Crippen LogP contribution in [0, 0.1) is 0 Å². The van der Waals surface area contributed by atoms with E-state index in [4.69, 9.17) is 9.47 Å². The second-order valence-corrected chi connectivity index (χ2v) is 4.65. The van der Waals surface area contributed by atoms with Crippen LogP contribution in [0.2, 0.25) is 0 Å². The van der Waals surface area contributed by atoms with Crippen molar-refractivity contribution in [3.63, 3.8) is 0 Å². The summed E-state index contributed by atoms with van der Waals surface area (Å²) in [6.07, 6.45) is -10.2. The standard InChI is InChI=1S/C15H10F6O3/c1-23-9-3-2-4-10(7-9)24-13-11(15(19,20)21)5-8(6-12(13)22)14(16,17)18/h2-7,22H,1H3. The van der Waals surface area contributed by atoms with Gasteiger partial charge in [0, 0.05) is 6.07 Å². The molecule has 3 nitrogen and oxygen atoms in total. The average Bonchev–Trinajstić information content (AvgIpc) is 2.47. The van der Waals surface area contributed by atoms with Crippen molar-refractivity contribution in [2.24, 2.45) is 0 Å². The van der Waals surface area contributed by atoms with Crippen LogP contribution in [0.1, 0.15) is 11.1 Å². The minimum absolute atomic E-state index is 0.116. The van der Waals surface area contributed by atoms with Crippen molar-refractivity contribution in [3.8, 4) is 23.0 Å². The van der Waals surface area contributed by atoms with Crippen LogP contribution < -0.4 is 9.47 Å². The molecule has 0 aromatic heterocycles. The monoisotopic (exact) mass is 352 g/mol. The van der Waals surface area contributed by atoms with E-state index in [1.807, 2.05) is 0 Å². The van der Waals surface area contributed by atoms with Crippen LogP contribution in [0.25, 0.3) is 0 Å². The number of phenolic OH excluding ortho intramolecular Hbond substituents is 1. The first-order valence-electron chi connectivity index (χ1n) is 6.35. The number of halogens is 6. The lowest BCUT2D eigenvalue weighted by atomic mass is 10.1. The van der Waals surface area contributed by atoms with Crippen molar-refractivity contribution in [1.82, 2.24) is 0 Å². The lowest BCUT2D eigenvalue weighted by molar-refractivity contribution is -0.143. The number of rotatable bonds is 3. The molecule has 0 aliphatic carbocycles. The van der Waals surface area contributed by atoms with Crippen molar-refractivity contribution in [2.45, 2.75) is 12.4 Å². The number of ether oxygens (including phenoxy) is 2. The van der Waals surface area contributed by atoms with E-state index in [0.717, 1.165) is 0 Å². The van der Waals surface area contributed by atoms with Crippen LogP contribution in [-0.4, -0.2) is 12.2 Å². The van der Waals surface area contributed by atoms with Crippen molar-refractivity contribution in [3.05, 3.63) is 47.5 Å². The van der Waals surface area contributed by atoms with Gasteiger partial charge in [-0.3, -0.25) is 0 Å². The highest BCUT2D eigenvalue weighted by Gasteiger charge is 2.40. The topological polar surface area (TPSA) is 38.7 Å². The number of methoxy groups -OCH3 is 1. The highest BCUT2D eigenvalue weighted by Crippen LogP contribution is 2.46. The fraction of sp³-hybridized carbons (Fsp3) is 0.200. The summed E-state index contributed by atoms with van der Waals surface area (Å²) in [6, 6.07) is 5.43. The van der Waals surface area contributed by atoms with E-state index >= 15 is 0 Å². The second-order valence-electron chi connectivity index (χ2n) is 4.65. The van der Waals surface area contributed by atoms with E-state index in [1.54, 1.807) is 0 Å². The molecule has 0 saturated carbocycles. The van der Waals surface area contributed by atoms with Crippen LogP contribution >= 0.6 is 0 Å². The number of benzene rings is 2. The van der Waals surface area contributed by atoms with E-state index in [9.17, 15) is 31.4 Å². The number of aromatic hydroxyl groups is 1. The molecule has 130 valence electrons. The first-order chi connectivity index (χ1) is 11.0. The van der Waals surface area contributed by atoms with Gasteiger partial charge in [-0.25, -0.2) is 0 Å². The van der Waals surface area contributed by atoms with Crippen molar-refractivity contribution in [1.29, 1.82) is 0 Å².